The Labute approximate surface area is 181 Å². The molecule has 0 radical (unpaired) electrons. The van der Waals surface area contributed by atoms with Gasteiger partial charge in [-0.25, -0.2) is 4.79 Å². The van der Waals surface area contributed by atoms with Gasteiger partial charge in [0, 0.05) is 11.8 Å². The van der Waals surface area contributed by atoms with E-state index in [1.807, 2.05) is 6.07 Å². The Morgan fingerprint density at radius 3 is 2.57 bits per heavy atom. The topological polar surface area (TPSA) is 43.4 Å². The van der Waals surface area contributed by atoms with Gasteiger partial charge in [0.25, 0.3) is 0 Å². The maximum absolute atomic E-state index is 13.5. The van der Waals surface area contributed by atoms with E-state index in [4.69, 9.17) is 4.74 Å². The van der Waals surface area contributed by atoms with Gasteiger partial charge in [-0.05, 0) is 97.8 Å². The van der Waals surface area contributed by atoms with Crippen LogP contribution in [0.4, 0.5) is 0 Å². The van der Waals surface area contributed by atoms with Crippen LogP contribution in [-0.2, 0) is 16.0 Å². The molecule has 0 bridgehead atoms. The molecule has 0 spiro atoms. The lowest BCUT2D eigenvalue weighted by Gasteiger charge is -2.51. The molecule has 0 aliphatic heterocycles. The van der Waals surface area contributed by atoms with Crippen molar-refractivity contribution in [1.29, 1.82) is 0 Å². The molecule has 0 saturated heterocycles. The molecule has 3 fully saturated rings. The van der Waals surface area contributed by atoms with Crippen molar-refractivity contribution < 1.29 is 14.3 Å². The van der Waals surface area contributed by atoms with E-state index in [0.29, 0.717) is 40.9 Å². The van der Waals surface area contributed by atoms with Crippen molar-refractivity contribution in [3.8, 4) is 0 Å². The Balaban J connectivity index is 1.37. The first-order valence-electron chi connectivity index (χ1n) is 12.3. The number of ether oxygens (including phenoxy) is 1. The quantitative estimate of drug-likeness (QED) is 0.568. The average molecular weight is 409 g/mol. The zero-order valence-corrected chi connectivity index (χ0v) is 18.6. The summed E-state index contributed by atoms with van der Waals surface area (Å²) in [6, 6.07) is 6.21. The van der Waals surface area contributed by atoms with E-state index in [1.54, 1.807) is 0 Å². The number of methoxy groups -OCH3 is 1. The van der Waals surface area contributed by atoms with Crippen molar-refractivity contribution in [1.82, 2.24) is 0 Å². The van der Waals surface area contributed by atoms with E-state index >= 15 is 0 Å². The first-order chi connectivity index (χ1) is 14.5. The summed E-state index contributed by atoms with van der Waals surface area (Å²) in [5.74, 6) is 3.01. The number of hydrogen-bond acceptors (Lipinski definition) is 3. The number of esters is 1. The first-order valence-corrected chi connectivity index (χ1v) is 12.3. The fraction of sp³-hybridized carbons (Fsp3) is 0.704. The Morgan fingerprint density at radius 1 is 1.00 bits per heavy atom. The van der Waals surface area contributed by atoms with E-state index in [1.165, 1.54) is 63.2 Å². The van der Waals surface area contributed by atoms with Crippen LogP contribution < -0.4 is 0 Å². The SMILES string of the molecule is COC(=O)c1ccc2c(c1)CC[C@@H]1[C@@H]2CC[C@]2(C)[C@@H](C(=O)C3CCCCC3)CC[C@@H]12. The maximum atomic E-state index is 13.5. The van der Waals surface area contributed by atoms with Crippen LogP contribution in [-0.4, -0.2) is 18.9 Å². The molecule has 0 unspecified atom stereocenters. The standard InChI is InChI=1S/C27H36O3/c1-27-15-14-21-20-10-9-19(26(29)30-2)16-18(20)8-11-22(21)23(27)12-13-24(27)25(28)17-6-4-3-5-7-17/h9-10,16-17,21-24H,3-8,11-15H2,1-2H3/t21-,22-,23+,24-,27+/m1/s1. The highest BCUT2D eigenvalue weighted by atomic mass is 16.5. The van der Waals surface area contributed by atoms with Crippen LogP contribution in [0.5, 0.6) is 0 Å². The molecule has 4 aliphatic carbocycles. The summed E-state index contributed by atoms with van der Waals surface area (Å²) >= 11 is 0. The van der Waals surface area contributed by atoms with E-state index in [2.05, 4.69) is 19.1 Å². The van der Waals surface area contributed by atoms with Crippen molar-refractivity contribution in [2.75, 3.05) is 7.11 Å². The van der Waals surface area contributed by atoms with Crippen LogP contribution >= 0.6 is 0 Å². The summed E-state index contributed by atoms with van der Waals surface area (Å²) in [6.07, 6.45) is 13.1. The smallest absolute Gasteiger partial charge is 0.337 e. The molecule has 3 saturated carbocycles. The highest BCUT2D eigenvalue weighted by molar-refractivity contribution is 5.89. The lowest BCUT2D eigenvalue weighted by Crippen LogP contribution is -2.45. The molecule has 5 rings (SSSR count). The molecule has 3 heteroatoms. The minimum Gasteiger partial charge on any atom is -0.465 e. The Hall–Kier alpha value is -1.64. The molecule has 30 heavy (non-hydrogen) atoms. The van der Waals surface area contributed by atoms with Gasteiger partial charge in [-0.2, -0.15) is 0 Å². The number of ketones is 1. The van der Waals surface area contributed by atoms with Gasteiger partial charge in [-0.3, -0.25) is 4.79 Å². The van der Waals surface area contributed by atoms with Gasteiger partial charge in [0.05, 0.1) is 12.7 Å². The number of fused-ring (bicyclic) bond motifs is 5. The number of aryl methyl sites for hydroxylation is 1. The zero-order valence-electron chi connectivity index (χ0n) is 18.6. The second-order valence-electron chi connectivity index (χ2n) is 10.7. The van der Waals surface area contributed by atoms with Crippen LogP contribution in [0, 0.1) is 29.1 Å². The number of benzene rings is 1. The second-order valence-corrected chi connectivity index (χ2v) is 10.7. The monoisotopic (exact) mass is 408 g/mol. The van der Waals surface area contributed by atoms with Crippen molar-refractivity contribution in [2.45, 2.75) is 83.5 Å². The van der Waals surface area contributed by atoms with Crippen LogP contribution in [0.1, 0.15) is 98.5 Å². The molecule has 3 nitrogen and oxygen atoms in total. The Kier molecular flexibility index (Phi) is 5.27. The average Bonchev–Trinajstić information content (AvgIpc) is 3.15. The number of hydrogen-bond donors (Lipinski definition) is 0. The molecule has 0 heterocycles. The molecule has 5 atom stereocenters. The molecular weight excluding hydrogens is 372 g/mol. The van der Waals surface area contributed by atoms with Crippen molar-refractivity contribution in [2.24, 2.45) is 29.1 Å². The minimum absolute atomic E-state index is 0.207. The minimum atomic E-state index is -0.240. The molecule has 162 valence electrons. The van der Waals surface area contributed by atoms with E-state index in [0.717, 1.165) is 25.7 Å². The van der Waals surface area contributed by atoms with E-state index in [-0.39, 0.29) is 11.4 Å². The van der Waals surface area contributed by atoms with Crippen molar-refractivity contribution in [3.05, 3.63) is 34.9 Å². The molecule has 0 N–H and O–H groups in total. The number of rotatable bonds is 3. The summed E-state index contributed by atoms with van der Waals surface area (Å²) < 4.78 is 4.92. The highest BCUT2D eigenvalue weighted by Crippen LogP contribution is 2.63. The van der Waals surface area contributed by atoms with Gasteiger partial charge in [0.2, 0.25) is 0 Å². The zero-order chi connectivity index (χ0) is 20.9. The lowest BCUT2D eigenvalue weighted by molar-refractivity contribution is -0.133. The number of carbonyl (C=O) groups is 2. The molecule has 0 aromatic heterocycles. The van der Waals surface area contributed by atoms with E-state index in [9.17, 15) is 9.59 Å². The third-order valence-electron chi connectivity index (χ3n) is 9.50. The van der Waals surface area contributed by atoms with Gasteiger partial charge in [0.15, 0.2) is 0 Å². The largest absolute Gasteiger partial charge is 0.465 e. The van der Waals surface area contributed by atoms with Gasteiger partial charge in [-0.1, -0.05) is 32.3 Å². The van der Waals surface area contributed by atoms with Crippen LogP contribution in [0.2, 0.25) is 0 Å². The summed E-state index contributed by atoms with van der Waals surface area (Å²) in [6.45, 7) is 2.46. The van der Waals surface area contributed by atoms with Gasteiger partial charge < -0.3 is 4.74 Å². The normalized spacial score (nSPS) is 35.8. The van der Waals surface area contributed by atoms with Crippen LogP contribution in [0.15, 0.2) is 18.2 Å². The lowest BCUT2D eigenvalue weighted by atomic mass is 9.53. The fourth-order valence-corrected chi connectivity index (χ4v) is 7.97. The third kappa shape index (κ3) is 3.15. The van der Waals surface area contributed by atoms with Gasteiger partial charge in [0.1, 0.15) is 5.78 Å². The fourth-order valence-electron chi connectivity index (χ4n) is 7.97. The van der Waals surface area contributed by atoms with Gasteiger partial charge >= 0.3 is 5.97 Å². The van der Waals surface area contributed by atoms with Crippen molar-refractivity contribution >= 4 is 11.8 Å². The first kappa shape index (κ1) is 20.3. The van der Waals surface area contributed by atoms with Crippen molar-refractivity contribution in [3.63, 3.8) is 0 Å². The maximum Gasteiger partial charge on any atom is 0.337 e. The molecule has 4 aliphatic rings. The third-order valence-corrected chi connectivity index (χ3v) is 9.50. The van der Waals surface area contributed by atoms with Crippen LogP contribution in [0.25, 0.3) is 0 Å². The summed E-state index contributed by atoms with van der Waals surface area (Å²) in [7, 11) is 1.45. The molecular formula is C27H36O3. The summed E-state index contributed by atoms with van der Waals surface area (Å²) in [5, 5.41) is 0. The van der Waals surface area contributed by atoms with Crippen LogP contribution in [0.3, 0.4) is 0 Å². The highest BCUT2D eigenvalue weighted by Gasteiger charge is 2.57. The molecule has 0 amide bonds. The Bertz CT molecular complexity index is 837. The molecule has 1 aromatic rings. The predicted molar refractivity (Wildman–Crippen MR) is 117 cm³/mol. The molecule has 1 aromatic carbocycles. The predicted octanol–water partition coefficient (Wildman–Crippen LogP) is 6.09. The number of Topliss-reactive ketones (excluding diaryl/α,β-unsaturated/α-hetero) is 1. The number of carbonyl (C=O) groups excluding carboxylic acids is 2. The van der Waals surface area contributed by atoms with Gasteiger partial charge in [-0.15, -0.1) is 0 Å². The Morgan fingerprint density at radius 2 is 1.80 bits per heavy atom. The summed E-state index contributed by atoms with van der Waals surface area (Å²) in [4.78, 5) is 25.5. The van der Waals surface area contributed by atoms with E-state index < -0.39 is 0 Å². The summed E-state index contributed by atoms with van der Waals surface area (Å²) in [5.41, 5.74) is 3.69. The second kappa shape index (κ2) is 7.80.